The summed E-state index contributed by atoms with van der Waals surface area (Å²) >= 11 is 8.07. The minimum atomic E-state index is -1.14. The molecule has 106 valence electrons. The van der Waals surface area contributed by atoms with E-state index in [9.17, 15) is 9.59 Å². The first-order valence-electron chi connectivity index (χ1n) is 5.65. The van der Waals surface area contributed by atoms with Gasteiger partial charge in [-0.3, -0.25) is 9.59 Å². The highest BCUT2D eigenvalue weighted by molar-refractivity contribution is 7.99. The average Bonchev–Trinajstić information content (AvgIpc) is 1.93. The van der Waals surface area contributed by atoms with Crippen LogP contribution < -0.4 is 0 Å². The van der Waals surface area contributed by atoms with Crippen LogP contribution in [0.4, 0.5) is 0 Å². The number of thiol groups is 2. The zero-order valence-corrected chi connectivity index (χ0v) is 13.5. The molecule has 4 nitrogen and oxygen atoms in total. The number of carbonyl (C=O) groups is 2. The van der Waals surface area contributed by atoms with Gasteiger partial charge in [0.05, 0.1) is 4.58 Å². The van der Waals surface area contributed by atoms with Gasteiger partial charge in [-0.15, -0.1) is 0 Å². The maximum absolute atomic E-state index is 11.9. The van der Waals surface area contributed by atoms with E-state index >= 15 is 0 Å². The van der Waals surface area contributed by atoms with Crippen molar-refractivity contribution in [2.24, 2.45) is 5.92 Å². The van der Waals surface area contributed by atoms with Crippen LogP contribution in [-0.4, -0.2) is 27.7 Å². The molecule has 0 saturated carbocycles. The van der Waals surface area contributed by atoms with Gasteiger partial charge in [0.2, 0.25) is 0 Å². The maximum Gasteiger partial charge on any atom is 0.322 e. The Morgan fingerprint density at radius 2 is 1.11 bits per heavy atom. The Balaban J connectivity index is 4.88. The molecular weight excluding hydrogens is 272 g/mol. The number of rotatable bonds is 3. The lowest BCUT2D eigenvalue weighted by Gasteiger charge is -2.27. The second kappa shape index (κ2) is 6.19. The number of carbonyl (C=O) groups excluding carboxylic acids is 2. The zero-order chi connectivity index (χ0) is 14.7. The van der Waals surface area contributed by atoms with Crippen molar-refractivity contribution >= 4 is 37.2 Å². The molecule has 18 heavy (non-hydrogen) atoms. The Labute approximate surface area is 120 Å². The average molecular weight is 294 g/mol. The van der Waals surface area contributed by atoms with E-state index in [2.05, 4.69) is 25.3 Å². The fourth-order valence-electron chi connectivity index (χ4n) is 1.07. The normalized spacial score (nSPS) is 12.8. The standard InChI is InChI=1S/C12H22O4S2/c1-11(2,3)15-8(13)7(10(17)18)9(14)16-12(4,5)6/h7,10,17-18H,1-6H3. The summed E-state index contributed by atoms with van der Waals surface area (Å²) in [5.41, 5.74) is -1.35. The molecule has 0 atom stereocenters. The van der Waals surface area contributed by atoms with E-state index in [1.54, 1.807) is 41.5 Å². The van der Waals surface area contributed by atoms with Gasteiger partial charge in [-0.05, 0) is 41.5 Å². The second-order valence-electron chi connectivity index (χ2n) is 5.96. The predicted octanol–water partition coefficient (Wildman–Crippen LogP) is 2.47. The topological polar surface area (TPSA) is 52.6 Å². The zero-order valence-electron chi connectivity index (χ0n) is 11.7. The summed E-state index contributed by atoms with van der Waals surface area (Å²) in [6.07, 6.45) is 0. The molecule has 0 amide bonds. The van der Waals surface area contributed by atoms with Crippen LogP contribution in [-0.2, 0) is 19.1 Å². The van der Waals surface area contributed by atoms with Crippen LogP contribution in [0.1, 0.15) is 41.5 Å². The van der Waals surface area contributed by atoms with E-state index < -0.39 is 33.6 Å². The van der Waals surface area contributed by atoms with Crippen molar-refractivity contribution in [1.29, 1.82) is 0 Å². The molecule has 0 aromatic rings. The second-order valence-corrected chi connectivity index (χ2v) is 7.48. The monoisotopic (exact) mass is 294 g/mol. The highest BCUT2D eigenvalue weighted by Gasteiger charge is 2.38. The van der Waals surface area contributed by atoms with Crippen LogP contribution in [0.2, 0.25) is 0 Å². The molecule has 0 aliphatic heterocycles. The summed E-state index contributed by atoms with van der Waals surface area (Å²) in [7, 11) is 0. The molecule has 0 unspecified atom stereocenters. The van der Waals surface area contributed by atoms with Gasteiger partial charge in [-0.2, -0.15) is 25.3 Å². The van der Waals surface area contributed by atoms with Crippen LogP contribution in [0.25, 0.3) is 0 Å². The Morgan fingerprint density at radius 1 is 0.833 bits per heavy atom. The first-order chi connectivity index (χ1) is 7.83. The smallest absolute Gasteiger partial charge is 0.322 e. The molecule has 0 aliphatic carbocycles. The van der Waals surface area contributed by atoms with Crippen molar-refractivity contribution in [3.8, 4) is 0 Å². The first kappa shape index (κ1) is 17.6. The molecule has 0 heterocycles. The van der Waals surface area contributed by atoms with E-state index in [0.29, 0.717) is 0 Å². The maximum atomic E-state index is 11.9. The summed E-state index contributed by atoms with van der Waals surface area (Å²) in [6, 6.07) is 0. The molecule has 0 spiro atoms. The largest absolute Gasteiger partial charge is 0.459 e. The molecule has 0 bridgehead atoms. The quantitative estimate of drug-likeness (QED) is 0.363. The van der Waals surface area contributed by atoms with Gasteiger partial charge >= 0.3 is 11.9 Å². The SMILES string of the molecule is CC(C)(C)OC(=O)C(C(=O)OC(C)(C)C)C(S)S. The Bertz CT molecular complexity index is 285. The fraction of sp³-hybridized carbons (Fsp3) is 0.833. The summed E-state index contributed by atoms with van der Waals surface area (Å²) in [5.74, 6) is -2.49. The van der Waals surface area contributed by atoms with Crippen molar-refractivity contribution in [3.63, 3.8) is 0 Å². The Morgan fingerprint density at radius 3 is 1.28 bits per heavy atom. The van der Waals surface area contributed by atoms with E-state index in [1.807, 2.05) is 0 Å². The minimum Gasteiger partial charge on any atom is -0.459 e. The van der Waals surface area contributed by atoms with Crippen molar-refractivity contribution < 1.29 is 19.1 Å². The third kappa shape index (κ3) is 7.16. The molecular formula is C12H22O4S2. The summed E-state index contributed by atoms with van der Waals surface area (Å²) in [4.78, 5) is 23.8. The van der Waals surface area contributed by atoms with Crippen LogP contribution in [0.3, 0.4) is 0 Å². The minimum absolute atomic E-state index is 0.673. The molecule has 0 rings (SSSR count). The van der Waals surface area contributed by atoms with Gasteiger partial charge in [0.1, 0.15) is 11.2 Å². The first-order valence-corrected chi connectivity index (χ1v) is 6.68. The van der Waals surface area contributed by atoms with Crippen LogP contribution in [0.5, 0.6) is 0 Å². The van der Waals surface area contributed by atoms with Gasteiger partial charge < -0.3 is 9.47 Å². The van der Waals surface area contributed by atoms with Gasteiger partial charge in [-0.25, -0.2) is 0 Å². The molecule has 0 aromatic heterocycles. The molecule has 6 heteroatoms. The molecule has 0 radical (unpaired) electrons. The lowest BCUT2D eigenvalue weighted by molar-refractivity contribution is -0.173. The van der Waals surface area contributed by atoms with Crippen molar-refractivity contribution in [1.82, 2.24) is 0 Å². The Hall–Kier alpha value is -0.360. The number of esters is 2. The highest BCUT2D eigenvalue weighted by Crippen LogP contribution is 2.23. The van der Waals surface area contributed by atoms with Crippen LogP contribution in [0.15, 0.2) is 0 Å². The summed E-state index contributed by atoms with van der Waals surface area (Å²) in [5, 5.41) is 0. The van der Waals surface area contributed by atoms with E-state index in [-0.39, 0.29) is 0 Å². The third-order valence-corrected chi connectivity index (χ3v) is 2.22. The lowest BCUT2D eigenvalue weighted by atomic mass is 10.1. The molecule has 0 N–H and O–H groups in total. The number of hydrogen-bond acceptors (Lipinski definition) is 6. The Kier molecular flexibility index (Phi) is 6.07. The van der Waals surface area contributed by atoms with Gasteiger partial charge in [0.15, 0.2) is 5.92 Å². The number of ether oxygens (including phenoxy) is 2. The third-order valence-electron chi connectivity index (χ3n) is 1.62. The van der Waals surface area contributed by atoms with Crippen molar-refractivity contribution in [2.75, 3.05) is 0 Å². The van der Waals surface area contributed by atoms with Gasteiger partial charge in [0, 0.05) is 0 Å². The van der Waals surface area contributed by atoms with E-state index in [1.165, 1.54) is 0 Å². The van der Waals surface area contributed by atoms with Crippen molar-refractivity contribution in [3.05, 3.63) is 0 Å². The van der Waals surface area contributed by atoms with Gasteiger partial charge in [-0.1, -0.05) is 0 Å². The molecule has 0 saturated heterocycles. The number of hydrogen-bond donors (Lipinski definition) is 2. The molecule has 0 aromatic carbocycles. The molecule has 0 aliphatic rings. The fourth-order valence-corrected chi connectivity index (χ4v) is 1.56. The highest BCUT2D eigenvalue weighted by atomic mass is 32.2. The summed E-state index contributed by atoms with van der Waals surface area (Å²) < 4.78 is 9.55. The lowest BCUT2D eigenvalue weighted by Crippen LogP contribution is -2.39. The van der Waals surface area contributed by atoms with E-state index in [0.717, 1.165) is 0 Å². The molecule has 0 fully saturated rings. The predicted molar refractivity (Wildman–Crippen MR) is 76.9 cm³/mol. The van der Waals surface area contributed by atoms with Crippen molar-refractivity contribution in [2.45, 2.75) is 57.3 Å². The van der Waals surface area contributed by atoms with Gasteiger partial charge in [0.25, 0.3) is 0 Å². The van der Waals surface area contributed by atoms with E-state index in [4.69, 9.17) is 9.47 Å². The summed E-state index contributed by atoms with van der Waals surface area (Å²) in [6.45, 7) is 10.4. The van der Waals surface area contributed by atoms with Crippen LogP contribution in [0, 0.1) is 5.92 Å². The van der Waals surface area contributed by atoms with Crippen LogP contribution >= 0.6 is 25.3 Å².